The third-order valence-corrected chi connectivity index (χ3v) is 7.61. The molecule has 6 aromatic rings. The summed E-state index contributed by atoms with van der Waals surface area (Å²) in [5.74, 6) is 0.917. The zero-order valence-corrected chi connectivity index (χ0v) is 21.3. The smallest absolute Gasteiger partial charge is 0.227 e. The van der Waals surface area contributed by atoms with Gasteiger partial charge >= 0.3 is 0 Å². The summed E-state index contributed by atoms with van der Waals surface area (Å²) in [6, 6.07) is 18.1. The van der Waals surface area contributed by atoms with Gasteiger partial charge in [0.15, 0.2) is 5.82 Å². The highest BCUT2D eigenvalue weighted by molar-refractivity contribution is 5.98. The van der Waals surface area contributed by atoms with E-state index >= 15 is 0 Å². The zero-order valence-electron chi connectivity index (χ0n) is 21.3. The van der Waals surface area contributed by atoms with E-state index in [-0.39, 0.29) is 11.8 Å². The van der Waals surface area contributed by atoms with Crippen LogP contribution in [0.15, 0.2) is 79.4 Å². The van der Waals surface area contributed by atoms with Gasteiger partial charge in [0, 0.05) is 41.1 Å². The van der Waals surface area contributed by atoms with Crippen LogP contribution < -0.4 is 5.32 Å². The number of nitrogens with zero attached hydrogens (tertiary/aromatic N) is 4. The molecule has 4 heterocycles. The largest absolute Gasteiger partial charge is 0.335 e. The molecule has 8 heteroatoms. The van der Waals surface area contributed by atoms with E-state index in [4.69, 9.17) is 4.98 Å². The maximum atomic E-state index is 12.8. The summed E-state index contributed by atoms with van der Waals surface area (Å²) in [6.07, 6.45) is 12.6. The summed E-state index contributed by atoms with van der Waals surface area (Å²) >= 11 is 0. The second-order valence-electron chi connectivity index (χ2n) is 10.1. The summed E-state index contributed by atoms with van der Waals surface area (Å²) < 4.78 is 0. The number of aromatic nitrogens is 6. The van der Waals surface area contributed by atoms with Crippen molar-refractivity contribution in [2.75, 3.05) is 5.32 Å². The van der Waals surface area contributed by atoms with Crippen molar-refractivity contribution in [3.05, 3.63) is 79.4 Å². The molecule has 1 aliphatic carbocycles. The molecular formula is C31H27N7O. The number of hydrogen-bond acceptors (Lipinski definition) is 5. The molecule has 0 spiro atoms. The molecular weight excluding hydrogens is 486 g/mol. The molecule has 0 unspecified atom stereocenters. The molecule has 192 valence electrons. The number of anilines is 1. The van der Waals surface area contributed by atoms with Crippen molar-refractivity contribution >= 4 is 33.5 Å². The predicted octanol–water partition coefficient (Wildman–Crippen LogP) is 6.75. The lowest BCUT2D eigenvalue weighted by Crippen LogP contribution is -2.24. The van der Waals surface area contributed by atoms with Gasteiger partial charge in [-0.3, -0.25) is 19.9 Å². The highest BCUT2D eigenvalue weighted by Gasteiger charge is 2.21. The van der Waals surface area contributed by atoms with Crippen molar-refractivity contribution < 1.29 is 4.79 Å². The van der Waals surface area contributed by atoms with Crippen molar-refractivity contribution in [2.24, 2.45) is 5.92 Å². The first-order chi connectivity index (χ1) is 19.2. The van der Waals surface area contributed by atoms with Crippen LogP contribution in [0.5, 0.6) is 0 Å². The van der Waals surface area contributed by atoms with Gasteiger partial charge in [0.2, 0.25) is 5.91 Å². The Bertz CT molecular complexity index is 1800. The van der Waals surface area contributed by atoms with Gasteiger partial charge in [-0.1, -0.05) is 37.5 Å². The predicted molar refractivity (Wildman–Crippen MR) is 153 cm³/mol. The summed E-state index contributed by atoms with van der Waals surface area (Å²) in [4.78, 5) is 29.7. The molecule has 8 nitrogen and oxygen atoms in total. The SMILES string of the molecule is O=C(Nc1cccc(-c2ccc3[nH]nc(-c4nc5c(-c6ccncc6)cncc5[nH]4)c3c2)c1)C1CCCCC1. The second-order valence-corrected chi connectivity index (χ2v) is 10.1. The maximum absolute atomic E-state index is 12.8. The van der Waals surface area contributed by atoms with Crippen molar-refractivity contribution in [1.29, 1.82) is 0 Å². The molecule has 1 amide bonds. The Kier molecular flexibility index (Phi) is 5.85. The highest BCUT2D eigenvalue weighted by atomic mass is 16.1. The Hall–Kier alpha value is -4.85. The van der Waals surface area contributed by atoms with Crippen LogP contribution in [-0.2, 0) is 4.79 Å². The number of carbonyl (C=O) groups excluding carboxylic acids is 1. The number of rotatable bonds is 5. The number of benzene rings is 2. The van der Waals surface area contributed by atoms with E-state index in [0.29, 0.717) is 5.82 Å². The lowest BCUT2D eigenvalue weighted by Gasteiger charge is -2.20. The first-order valence-electron chi connectivity index (χ1n) is 13.4. The molecule has 4 aromatic heterocycles. The molecule has 2 aromatic carbocycles. The van der Waals surface area contributed by atoms with Gasteiger partial charge in [-0.25, -0.2) is 4.98 Å². The summed E-state index contributed by atoms with van der Waals surface area (Å²) in [5, 5.41) is 11.8. The maximum Gasteiger partial charge on any atom is 0.227 e. The second kappa shape index (κ2) is 9.79. The first kappa shape index (κ1) is 23.3. The Labute approximate surface area is 224 Å². The van der Waals surface area contributed by atoms with Crippen molar-refractivity contribution in [3.8, 4) is 33.8 Å². The standard InChI is InChI=1S/C31H27N7O/c39-31(20-5-2-1-3-6-20)34-23-8-4-7-21(15-23)22-9-10-26-24(16-22)29(38-37-26)30-35-27-18-33-17-25(28(27)36-30)19-11-13-32-14-12-19/h4,7-18,20H,1-3,5-6H2,(H,34,39)(H,35,36)(H,37,38). The van der Waals surface area contributed by atoms with Gasteiger partial charge in [-0.2, -0.15) is 5.10 Å². The van der Waals surface area contributed by atoms with Crippen LogP contribution in [0.1, 0.15) is 32.1 Å². The molecule has 3 N–H and O–H groups in total. The molecule has 1 saturated carbocycles. The topological polar surface area (TPSA) is 112 Å². The number of imidazole rings is 1. The molecule has 0 aliphatic heterocycles. The van der Waals surface area contributed by atoms with Crippen LogP contribution >= 0.6 is 0 Å². The Morgan fingerprint density at radius 2 is 1.69 bits per heavy atom. The van der Waals surface area contributed by atoms with Crippen molar-refractivity contribution in [2.45, 2.75) is 32.1 Å². The quantitative estimate of drug-likeness (QED) is 0.236. The van der Waals surface area contributed by atoms with E-state index in [1.165, 1.54) is 6.42 Å². The fraction of sp³-hybridized carbons (Fsp3) is 0.194. The van der Waals surface area contributed by atoms with Crippen LogP contribution in [0.2, 0.25) is 0 Å². The summed E-state index contributed by atoms with van der Waals surface area (Å²) in [5.41, 5.74) is 8.16. The van der Waals surface area contributed by atoms with E-state index < -0.39 is 0 Å². The molecule has 0 saturated heterocycles. The minimum absolute atomic E-state index is 0.116. The van der Waals surface area contributed by atoms with Crippen LogP contribution in [0.4, 0.5) is 5.69 Å². The number of H-pyrrole nitrogens is 2. The Morgan fingerprint density at radius 3 is 2.56 bits per heavy atom. The lowest BCUT2D eigenvalue weighted by molar-refractivity contribution is -0.120. The van der Waals surface area contributed by atoms with Crippen molar-refractivity contribution in [1.82, 2.24) is 30.1 Å². The number of fused-ring (bicyclic) bond motifs is 2. The average molecular weight is 514 g/mol. The number of nitrogens with one attached hydrogen (secondary N) is 3. The van der Waals surface area contributed by atoms with Gasteiger partial charge in [0.1, 0.15) is 5.69 Å². The molecule has 0 atom stereocenters. The van der Waals surface area contributed by atoms with Crippen molar-refractivity contribution in [3.63, 3.8) is 0 Å². The van der Waals surface area contributed by atoms with E-state index in [2.05, 4.69) is 48.7 Å². The number of hydrogen-bond donors (Lipinski definition) is 3. The fourth-order valence-electron chi connectivity index (χ4n) is 5.55. The third-order valence-electron chi connectivity index (χ3n) is 7.61. The zero-order chi connectivity index (χ0) is 26.2. The highest BCUT2D eigenvalue weighted by Crippen LogP contribution is 2.33. The first-order valence-corrected chi connectivity index (χ1v) is 13.4. The van der Waals surface area contributed by atoms with Crippen LogP contribution in [-0.4, -0.2) is 36.0 Å². The molecule has 0 bridgehead atoms. The molecule has 1 fully saturated rings. The molecule has 39 heavy (non-hydrogen) atoms. The van der Waals surface area contributed by atoms with Gasteiger partial charge in [-0.05, 0) is 65.9 Å². The number of carbonyl (C=O) groups is 1. The van der Waals surface area contributed by atoms with Gasteiger partial charge in [0.05, 0.1) is 22.7 Å². The van der Waals surface area contributed by atoms with E-state index in [1.807, 2.05) is 42.6 Å². The van der Waals surface area contributed by atoms with Gasteiger partial charge in [0.25, 0.3) is 0 Å². The number of amides is 1. The monoisotopic (exact) mass is 513 g/mol. The Balaban J connectivity index is 1.23. The van der Waals surface area contributed by atoms with Gasteiger partial charge in [-0.15, -0.1) is 0 Å². The van der Waals surface area contributed by atoms with Gasteiger partial charge < -0.3 is 10.3 Å². The molecule has 1 aliphatic rings. The minimum Gasteiger partial charge on any atom is -0.335 e. The third kappa shape index (κ3) is 4.44. The summed E-state index contributed by atoms with van der Waals surface area (Å²) in [6.45, 7) is 0. The molecule has 7 rings (SSSR count). The average Bonchev–Trinajstić information content (AvgIpc) is 3.62. The van der Waals surface area contributed by atoms with E-state index in [0.717, 1.165) is 81.3 Å². The lowest BCUT2D eigenvalue weighted by atomic mass is 9.88. The Morgan fingerprint density at radius 1 is 0.846 bits per heavy atom. The normalized spacial score (nSPS) is 14.2. The summed E-state index contributed by atoms with van der Waals surface area (Å²) in [7, 11) is 0. The van der Waals surface area contributed by atoms with E-state index in [9.17, 15) is 4.79 Å². The molecule has 0 radical (unpaired) electrons. The van der Waals surface area contributed by atoms with Crippen LogP contribution in [0.25, 0.3) is 55.7 Å². The number of pyridine rings is 2. The number of aromatic amines is 2. The van der Waals surface area contributed by atoms with E-state index in [1.54, 1.807) is 18.6 Å². The van der Waals surface area contributed by atoms with Crippen LogP contribution in [0, 0.1) is 5.92 Å². The van der Waals surface area contributed by atoms with Crippen LogP contribution in [0.3, 0.4) is 0 Å². The fourth-order valence-corrected chi connectivity index (χ4v) is 5.55. The minimum atomic E-state index is 0.116.